The van der Waals surface area contributed by atoms with Crippen LogP contribution in [0.2, 0.25) is 0 Å². The van der Waals surface area contributed by atoms with E-state index in [9.17, 15) is 0 Å². The van der Waals surface area contributed by atoms with Crippen LogP contribution in [0.15, 0.2) is 24.5 Å². The van der Waals surface area contributed by atoms with E-state index in [1.165, 1.54) is 23.1 Å². The molecule has 6 nitrogen and oxygen atoms in total. The molecule has 0 saturated heterocycles. The van der Waals surface area contributed by atoms with E-state index in [1.54, 1.807) is 6.07 Å². The van der Waals surface area contributed by atoms with E-state index in [2.05, 4.69) is 19.8 Å². The van der Waals surface area contributed by atoms with Crippen LogP contribution in [0.3, 0.4) is 0 Å². The molecule has 0 aromatic carbocycles. The molecule has 0 aliphatic rings. The van der Waals surface area contributed by atoms with Crippen LogP contribution in [0.4, 0.5) is 17.2 Å². The Labute approximate surface area is 91.6 Å². The van der Waals surface area contributed by atoms with Crippen molar-refractivity contribution in [3.05, 3.63) is 47.4 Å². The molecule has 2 heterocycles. The minimum atomic E-state index is 0.272. The maximum atomic E-state index is 7.02. The molecule has 6 heteroatoms. The molecule has 2 aromatic heterocycles. The van der Waals surface area contributed by atoms with Crippen LogP contribution in [0.1, 0.15) is 0 Å². The summed E-state index contributed by atoms with van der Waals surface area (Å²) in [5.41, 5.74) is 6.21. The normalized spacial score (nSPS) is 9.38. The lowest BCUT2D eigenvalue weighted by Crippen LogP contribution is -1.99. The lowest BCUT2D eigenvalue weighted by atomic mass is 10.3. The van der Waals surface area contributed by atoms with Gasteiger partial charge < -0.3 is 10.6 Å². The summed E-state index contributed by atoms with van der Waals surface area (Å²) in [5.74, 6) is 0.627. The fourth-order valence-corrected chi connectivity index (χ4v) is 1.25. The monoisotopic (exact) mass is 210 g/mol. The maximum absolute atomic E-state index is 7.02. The smallest absolute Gasteiger partial charge is 0.257 e. The first kappa shape index (κ1) is 9.69. The first-order chi connectivity index (χ1) is 7.76. The van der Waals surface area contributed by atoms with Gasteiger partial charge in [0.15, 0.2) is 0 Å². The Hall–Kier alpha value is -2.86. The lowest BCUT2D eigenvalue weighted by molar-refractivity contribution is 0.865. The van der Waals surface area contributed by atoms with Crippen LogP contribution in [-0.2, 0) is 0 Å². The molecule has 0 aliphatic heterocycles. The molecule has 0 saturated carbocycles. The van der Waals surface area contributed by atoms with Gasteiger partial charge in [0.05, 0.1) is 19.0 Å². The van der Waals surface area contributed by atoms with Crippen molar-refractivity contribution >= 4 is 17.2 Å². The minimum absolute atomic E-state index is 0.272. The van der Waals surface area contributed by atoms with Crippen LogP contribution in [-0.4, -0.2) is 14.8 Å². The molecule has 0 fully saturated rings. The quantitative estimate of drug-likeness (QED) is 0.731. The second-order valence-corrected chi connectivity index (χ2v) is 2.94. The summed E-state index contributed by atoms with van der Waals surface area (Å²) in [6.45, 7) is 14.0. The van der Waals surface area contributed by atoms with E-state index >= 15 is 0 Å². The van der Waals surface area contributed by atoms with Gasteiger partial charge in [0.25, 0.3) is 11.5 Å². The van der Waals surface area contributed by atoms with Gasteiger partial charge in [-0.25, -0.2) is 9.83 Å². The van der Waals surface area contributed by atoms with Gasteiger partial charge in [0, 0.05) is 5.69 Å². The number of nitrogens with zero attached hydrogens (tertiary/aromatic N) is 5. The molecule has 0 amide bonds. The summed E-state index contributed by atoms with van der Waals surface area (Å²) in [7, 11) is 0. The zero-order valence-electron chi connectivity index (χ0n) is 8.12. The van der Waals surface area contributed by atoms with Crippen molar-refractivity contribution in [3.8, 4) is 5.82 Å². The van der Waals surface area contributed by atoms with Gasteiger partial charge >= 0.3 is 0 Å². The van der Waals surface area contributed by atoms with Crippen molar-refractivity contribution in [1.29, 1.82) is 0 Å². The molecule has 16 heavy (non-hydrogen) atoms. The molecule has 2 N–H and O–H groups in total. The summed E-state index contributed by atoms with van der Waals surface area (Å²) in [5, 5.41) is 3.95. The third-order valence-electron chi connectivity index (χ3n) is 1.93. The van der Waals surface area contributed by atoms with Gasteiger partial charge in [-0.05, 0) is 12.1 Å². The number of hydrogen-bond donors (Lipinski definition) is 1. The van der Waals surface area contributed by atoms with Gasteiger partial charge in [0.1, 0.15) is 0 Å². The standard InChI is InChI=1S/C10H6N6/c1-12-8-5-7(11)6-14-10(8)16-9(13-2)3-4-15-16/h3-6H,11H2. The van der Waals surface area contributed by atoms with Crippen LogP contribution >= 0.6 is 0 Å². The Morgan fingerprint density at radius 2 is 2.12 bits per heavy atom. The van der Waals surface area contributed by atoms with E-state index in [0.29, 0.717) is 17.3 Å². The van der Waals surface area contributed by atoms with Gasteiger partial charge in [-0.3, -0.25) is 0 Å². The molecule has 0 spiro atoms. The van der Waals surface area contributed by atoms with Gasteiger partial charge in [0.2, 0.25) is 5.82 Å². The van der Waals surface area contributed by atoms with Crippen LogP contribution in [0.25, 0.3) is 15.5 Å². The summed E-state index contributed by atoms with van der Waals surface area (Å²) >= 11 is 0. The number of rotatable bonds is 1. The average Bonchev–Trinajstić information content (AvgIpc) is 2.76. The average molecular weight is 210 g/mol. The highest BCUT2D eigenvalue weighted by Crippen LogP contribution is 2.26. The second-order valence-electron chi connectivity index (χ2n) is 2.94. The topological polar surface area (TPSA) is 65.5 Å². The number of aromatic nitrogens is 3. The van der Waals surface area contributed by atoms with E-state index in [0.717, 1.165) is 0 Å². The maximum Gasteiger partial charge on any atom is 0.257 e. The summed E-state index contributed by atoms with van der Waals surface area (Å²) in [6, 6.07) is 3.06. The highest BCUT2D eigenvalue weighted by molar-refractivity contribution is 5.65. The Morgan fingerprint density at radius 1 is 1.31 bits per heavy atom. The highest BCUT2D eigenvalue weighted by Gasteiger charge is 2.14. The van der Waals surface area contributed by atoms with Crippen molar-refractivity contribution < 1.29 is 0 Å². The first-order valence-corrected chi connectivity index (χ1v) is 4.31. The van der Waals surface area contributed by atoms with E-state index in [1.807, 2.05) is 0 Å². The lowest BCUT2D eigenvalue weighted by Gasteiger charge is -2.01. The molecule has 76 valence electrons. The minimum Gasteiger partial charge on any atom is -0.398 e. The van der Waals surface area contributed by atoms with Crippen molar-refractivity contribution in [1.82, 2.24) is 14.8 Å². The number of nitrogens with two attached hydrogens (primary N) is 1. The highest BCUT2D eigenvalue weighted by atomic mass is 15.3. The number of hydrogen-bond acceptors (Lipinski definition) is 3. The molecular formula is C10H6N6. The third-order valence-corrected chi connectivity index (χ3v) is 1.93. The first-order valence-electron chi connectivity index (χ1n) is 4.31. The Balaban J connectivity index is 2.67. The largest absolute Gasteiger partial charge is 0.398 e. The van der Waals surface area contributed by atoms with Crippen molar-refractivity contribution in [2.45, 2.75) is 0 Å². The van der Waals surface area contributed by atoms with Crippen LogP contribution < -0.4 is 5.73 Å². The molecule has 0 radical (unpaired) electrons. The number of nitrogen functional groups attached to an aromatic ring is 1. The SMILES string of the molecule is [C-]#[N+]c1cc(N)cnc1-n1nccc1[N+]#[C-]. The van der Waals surface area contributed by atoms with E-state index < -0.39 is 0 Å². The van der Waals surface area contributed by atoms with Crippen molar-refractivity contribution in [2.75, 3.05) is 5.73 Å². The third kappa shape index (κ3) is 1.45. The summed E-state index contributed by atoms with van der Waals surface area (Å²) in [4.78, 5) is 10.6. The van der Waals surface area contributed by atoms with Crippen LogP contribution in [0, 0.1) is 13.1 Å². The predicted octanol–water partition coefficient (Wildman–Crippen LogP) is 1.95. The number of pyridine rings is 1. The zero-order valence-corrected chi connectivity index (χ0v) is 8.12. The molecule has 0 bridgehead atoms. The Bertz CT molecular complexity index is 613. The molecular weight excluding hydrogens is 204 g/mol. The summed E-state index contributed by atoms with van der Waals surface area (Å²) in [6.07, 6.45) is 2.92. The Kier molecular flexibility index (Phi) is 2.25. The molecule has 0 atom stereocenters. The van der Waals surface area contributed by atoms with E-state index in [-0.39, 0.29) is 5.69 Å². The molecule has 0 unspecified atom stereocenters. The van der Waals surface area contributed by atoms with Crippen LogP contribution in [0.5, 0.6) is 0 Å². The molecule has 0 aliphatic carbocycles. The summed E-state index contributed by atoms with van der Waals surface area (Å²) < 4.78 is 1.32. The molecule has 2 aromatic rings. The Morgan fingerprint density at radius 3 is 2.81 bits per heavy atom. The van der Waals surface area contributed by atoms with Gasteiger partial charge in [-0.2, -0.15) is 4.68 Å². The second kappa shape index (κ2) is 3.71. The van der Waals surface area contributed by atoms with E-state index in [4.69, 9.17) is 18.9 Å². The fraction of sp³-hybridized carbons (Fsp3) is 0. The fourth-order valence-electron chi connectivity index (χ4n) is 1.25. The van der Waals surface area contributed by atoms with Crippen molar-refractivity contribution in [3.63, 3.8) is 0 Å². The number of anilines is 1. The predicted molar refractivity (Wildman–Crippen MR) is 58.3 cm³/mol. The van der Waals surface area contributed by atoms with Crippen molar-refractivity contribution in [2.24, 2.45) is 0 Å². The zero-order chi connectivity index (χ0) is 11.5. The van der Waals surface area contributed by atoms with Gasteiger partial charge in [-0.1, -0.05) is 6.57 Å². The van der Waals surface area contributed by atoms with Gasteiger partial charge in [-0.15, -0.1) is 5.10 Å². The molecule has 2 rings (SSSR count).